The molecule has 0 bridgehead atoms. The molecule has 1 unspecified atom stereocenters. The van der Waals surface area contributed by atoms with Gasteiger partial charge in [0.15, 0.2) is 0 Å². The van der Waals surface area contributed by atoms with E-state index in [1.54, 1.807) is 35.0 Å². The van der Waals surface area contributed by atoms with Gasteiger partial charge >= 0.3 is 0 Å². The average Bonchev–Trinajstić information content (AvgIpc) is 3.54. The molecule has 178 valence electrons. The first-order chi connectivity index (χ1) is 16.9. The lowest BCUT2D eigenvalue weighted by Gasteiger charge is -2.43. The van der Waals surface area contributed by atoms with E-state index < -0.39 is 5.54 Å². The Kier molecular flexibility index (Phi) is 5.90. The highest BCUT2D eigenvalue weighted by Crippen LogP contribution is 2.36. The fraction of sp³-hybridized carbons (Fsp3) is 0.222. The molecule has 3 heterocycles. The van der Waals surface area contributed by atoms with E-state index in [-0.39, 0.29) is 18.4 Å². The molecular formula is C27H26N4O3S. The number of carbonyl (C=O) groups is 2. The second-order valence-electron chi connectivity index (χ2n) is 8.78. The van der Waals surface area contributed by atoms with Crippen LogP contribution >= 0.6 is 11.3 Å². The van der Waals surface area contributed by atoms with Crippen molar-refractivity contribution in [3.05, 3.63) is 88.9 Å². The van der Waals surface area contributed by atoms with Crippen molar-refractivity contribution in [3.63, 3.8) is 0 Å². The molecule has 4 aromatic rings. The van der Waals surface area contributed by atoms with Crippen LogP contribution in [-0.4, -0.2) is 34.2 Å². The van der Waals surface area contributed by atoms with Gasteiger partial charge in [-0.05, 0) is 60.7 Å². The Hall–Kier alpha value is -3.91. The van der Waals surface area contributed by atoms with E-state index in [1.165, 1.54) is 0 Å². The molecule has 0 saturated carbocycles. The van der Waals surface area contributed by atoms with E-state index >= 15 is 0 Å². The lowest BCUT2D eigenvalue weighted by Crippen LogP contribution is -2.64. The molecule has 1 aliphatic rings. The maximum Gasteiger partial charge on any atom is 0.277 e. The van der Waals surface area contributed by atoms with E-state index in [9.17, 15) is 9.59 Å². The second kappa shape index (κ2) is 9.03. The standard InChI is InChI=1S/C27H26N4O3S/c1-18-7-4-5-8-22(18)31-25(32)23-15-21(24-9-6-14-35-24)29-30(23)17-27(31,2)26(33)28-16-19-10-12-20(34-3)13-11-19/h4-15H,16-17H2,1-3H3,(H,28,33). The van der Waals surface area contributed by atoms with Crippen molar-refractivity contribution < 1.29 is 14.3 Å². The van der Waals surface area contributed by atoms with Crippen LogP contribution in [0.15, 0.2) is 72.1 Å². The summed E-state index contributed by atoms with van der Waals surface area (Å²) < 4.78 is 6.88. The first-order valence-electron chi connectivity index (χ1n) is 11.3. The number of nitrogens with zero attached hydrogens (tertiary/aromatic N) is 3. The SMILES string of the molecule is COc1ccc(CNC(=O)C2(C)Cn3nc(-c4cccs4)cc3C(=O)N2c2ccccc2C)cc1. The molecule has 2 aromatic carbocycles. The van der Waals surface area contributed by atoms with Gasteiger partial charge in [0.1, 0.15) is 22.7 Å². The molecule has 0 fully saturated rings. The Morgan fingerprint density at radius 1 is 1.14 bits per heavy atom. The van der Waals surface area contributed by atoms with Gasteiger partial charge in [0, 0.05) is 12.2 Å². The summed E-state index contributed by atoms with van der Waals surface area (Å²) >= 11 is 1.57. The summed E-state index contributed by atoms with van der Waals surface area (Å²) in [5.41, 5.74) is 2.59. The van der Waals surface area contributed by atoms with Crippen molar-refractivity contribution in [3.8, 4) is 16.3 Å². The molecule has 0 radical (unpaired) electrons. The number of hydrogen-bond donors (Lipinski definition) is 1. The lowest BCUT2D eigenvalue weighted by molar-refractivity contribution is -0.126. The summed E-state index contributed by atoms with van der Waals surface area (Å²) in [6.07, 6.45) is 0. The molecule has 35 heavy (non-hydrogen) atoms. The fourth-order valence-corrected chi connectivity index (χ4v) is 5.12. The number of thiophene rings is 1. The molecule has 5 rings (SSSR count). The molecular weight excluding hydrogens is 460 g/mol. The summed E-state index contributed by atoms with van der Waals surface area (Å²) in [5.74, 6) is 0.259. The van der Waals surface area contributed by atoms with Gasteiger partial charge in [-0.15, -0.1) is 11.3 Å². The first kappa shape index (κ1) is 22.9. The highest BCUT2D eigenvalue weighted by atomic mass is 32.1. The number of aryl methyl sites for hydroxylation is 1. The van der Waals surface area contributed by atoms with E-state index in [0.717, 1.165) is 27.4 Å². The summed E-state index contributed by atoms with van der Waals surface area (Å²) in [7, 11) is 1.62. The highest BCUT2D eigenvalue weighted by Gasteiger charge is 2.49. The van der Waals surface area contributed by atoms with Crippen LogP contribution in [0, 0.1) is 6.92 Å². The van der Waals surface area contributed by atoms with Crippen LogP contribution in [0.3, 0.4) is 0 Å². The Bertz CT molecular complexity index is 1380. The molecule has 1 atom stereocenters. The zero-order chi connectivity index (χ0) is 24.6. The third kappa shape index (κ3) is 4.10. The molecule has 2 aromatic heterocycles. The van der Waals surface area contributed by atoms with Gasteiger partial charge < -0.3 is 10.1 Å². The van der Waals surface area contributed by atoms with Crippen LogP contribution in [0.4, 0.5) is 5.69 Å². The van der Waals surface area contributed by atoms with Crippen molar-refractivity contribution in [1.29, 1.82) is 0 Å². The van der Waals surface area contributed by atoms with Gasteiger partial charge in [-0.2, -0.15) is 5.10 Å². The van der Waals surface area contributed by atoms with Crippen LogP contribution in [0.25, 0.3) is 10.6 Å². The highest BCUT2D eigenvalue weighted by molar-refractivity contribution is 7.13. The smallest absolute Gasteiger partial charge is 0.277 e. The van der Waals surface area contributed by atoms with Gasteiger partial charge in [0.05, 0.1) is 18.5 Å². The normalized spacial score (nSPS) is 17.2. The van der Waals surface area contributed by atoms with Gasteiger partial charge in [-0.25, -0.2) is 0 Å². The topological polar surface area (TPSA) is 76.5 Å². The summed E-state index contributed by atoms with van der Waals surface area (Å²) in [6.45, 7) is 4.32. The van der Waals surface area contributed by atoms with E-state index in [4.69, 9.17) is 9.84 Å². The predicted octanol–water partition coefficient (Wildman–Crippen LogP) is 4.66. The summed E-state index contributed by atoms with van der Waals surface area (Å²) in [6, 6.07) is 20.9. The third-order valence-electron chi connectivity index (χ3n) is 6.38. The Balaban J connectivity index is 1.51. The zero-order valence-corrected chi connectivity index (χ0v) is 20.6. The third-order valence-corrected chi connectivity index (χ3v) is 7.28. The van der Waals surface area contributed by atoms with Crippen molar-refractivity contribution >= 4 is 28.8 Å². The number of hydrogen-bond acceptors (Lipinski definition) is 5. The van der Waals surface area contributed by atoms with Crippen molar-refractivity contribution in [2.75, 3.05) is 12.0 Å². The van der Waals surface area contributed by atoms with E-state index in [0.29, 0.717) is 17.9 Å². The number of rotatable bonds is 6. The van der Waals surface area contributed by atoms with Gasteiger partial charge in [0.2, 0.25) is 5.91 Å². The molecule has 8 heteroatoms. The second-order valence-corrected chi connectivity index (χ2v) is 9.73. The minimum atomic E-state index is -1.18. The predicted molar refractivity (Wildman–Crippen MR) is 137 cm³/mol. The van der Waals surface area contributed by atoms with Gasteiger partial charge in [-0.1, -0.05) is 36.4 Å². The molecule has 0 spiro atoms. The van der Waals surface area contributed by atoms with Crippen LogP contribution in [0.1, 0.15) is 28.5 Å². The number of aromatic nitrogens is 2. The van der Waals surface area contributed by atoms with Gasteiger partial charge in [-0.3, -0.25) is 19.2 Å². The van der Waals surface area contributed by atoms with Crippen LogP contribution in [0.2, 0.25) is 0 Å². The number of benzene rings is 2. The largest absolute Gasteiger partial charge is 0.497 e. The zero-order valence-electron chi connectivity index (χ0n) is 19.8. The van der Waals surface area contributed by atoms with Crippen molar-refractivity contribution in [2.24, 2.45) is 0 Å². The minimum Gasteiger partial charge on any atom is -0.497 e. The average molecular weight is 487 g/mol. The summed E-state index contributed by atoms with van der Waals surface area (Å²) in [5, 5.41) is 9.71. The minimum absolute atomic E-state index is 0.238. The van der Waals surface area contributed by atoms with Crippen molar-refractivity contribution in [2.45, 2.75) is 32.5 Å². The molecule has 0 saturated heterocycles. The Labute approximate surface area is 208 Å². The number of methoxy groups -OCH3 is 1. The molecule has 2 amide bonds. The monoisotopic (exact) mass is 486 g/mol. The van der Waals surface area contributed by atoms with E-state index in [2.05, 4.69) is 5.32 Å². The maximum atomic E-state index is 13.9. The fourth-order valence-electron chi connectivity index (χ4n) is 4.43. The maximum absolute atomic E-state index is 13.9. The van der Waals surface area contributed by atoms with Crippen molar-refractivity contribution in [1.82, 2.24) is 15.1 Å². The molecule has 1 aliphatic heterocycles. The number of ether oxygens (including phenoxy) is 1. The van der Waals surface area contributed by atoms with E-state index in [1.807, 2.05) is 79.0 Å². The van der Waals surface area contributed by atoms with Gasteiger partial charge in [0.25, 0.3) is 5.91 Å². The molecule has 7 nitrogen and oxygen atoms in total. The number of amides is 2. The first-order valence-corrected chi connectivity index (χ1v) is 12.2. The molecule has 1 N–H and O–H groups in total. The summed E-state index contributed by atoms with van der Waals surface area (Å²) in [4.78, 5) is 30.2. The number of anilines is 1. The van der Waals surface area contributed by atoms with Crippen LogP contribution in [0.5, 0.6) is 5.75 Å². The lowest BCUT2D eigenvalue weighted by atomic mass is 9.93. The number of para-hydroxylation sites is 1. The number of fused-ring (bicyclic) bond motifs is 1. The number of carbonyl (C=O) groups excluding carboxylic acids is 2. The Morgan fingerprint density at radius 3 is 2.60 bits per heavy atom. The van der Waals surface area contributed by atoms with Crippen LogP contribution < -0.4 is 15.0 Å². The Morgan fingerprint density at radius 2 is 1.91 bits per heavy atom. The molecule has 0 aliphatic carbocycles. The number of nitrogens with one attached hydrogen (secondary N) is 1. The quantitative estimate of drug-likeness (QED) is 0.430. The van der Waals surface area contributed by atoms with Crippen LogP contribution in [-0.2, 0) is 17.9 Å².